The third kappa shape index (κ3) is 3.68. The molecule has 0 saturated carbocycles. The van der Waals surface area contributed by atoms with Crippen LogP contribution in [-0.2, 0) is 5.41 Å². The van der Waals surface area contributed by atoms with Crippen molar-refractivity contribution in [2.45, 2.75) is 41.6 Å². The largest absolute Gasteiger partial charge is 0.384 e. The van der Waals surface area contributed by atoms with E-state index in [2.05, 4.69) is 53.7 Å². The van der Waals surface area contributed by atoms with Crippen LogP contribution < -0.4 is 10.6 Å². The lowest BCUT2D eigenvalue weighted by Crippen LogP contribution is -2.25. The van der Waals surface area contributed by atoms with Gasteiger partial charge in [-0.2, -0.15) is 0 Å². The number of hydrogen-bond acceptors (Lipinski definition) is 7. The van der Waals surface area contributed by atoms with E-state index < -0.39 is 0 Å². The van der Waals surface area contributed by atoms with Crippen molar-refractivity contribution in [1.29, 1.82) is 0 Å². The molecule has 0 saturated heterocycles. The lowest BCUT2D eigenvalue weighted by molar-refractivity contribution is 0.562. The fourth-order valence-electron chi connectivity index (χ4n) is 3.17. The third-order valence-corrected chi connectivity index (χ3v) is 6.20. The van der Waals surface area contributed by atoms with Crippen LogP contribution in [0, 0.1) is 0 Å². The van der Waals surface area contributed by atoms with Gasteiger partial charge in [0.25, 0.3) is 0 Å². The van der Waals surface area contributed by atoms with E-state index in [1.807, 2.05) is 6.26 Å². The van der Waals surface area contributed by atoms with E-state index in [-0.39, 0.29) is 10.7 Å². The van der Waals surface area contributed by atoms with E-state index in [1.54, 1.807) is 29.6 Å². The van der Waals surface area contributed by atoms with Crippen LogP contribution in [0.5, 0.6) is 0 Å². The number of fused-ring (bicyclic) bond motifs is 1. The minimum atomic E-state index is 0.0511. The highest BCUT2D eigenvalue weighted by Crippen LogP contribution is 2.45. The zero-order valence-corrected chi connectivity index (χ0v) is 17.4. The van der Waals surface area contributed by atoms with Crippen LogP contribution in [0.2, 0.25) is 5.15 Å². The molecule has 1 aliphatic heterocycles. The van der Waals surface area contributed by atoms with E-state index in [4.69, 9.17) is 17.3 Å². The van der Waals surface area contributed by atoms with E-state index in [1.165, 1.54) is 5.56 Å². The second-order valence-corrected chi connectivity index (χ2v) is 9.34. The third-order valence-electron chi connectivity index (χ3n) is 4.32. The van der Waals surface area contributed by atoms with E-state index in [0.29, 0.717) is 16.1 Å². The molecular weight excluding hydrogens is 374 g/mol. The predicted molar refractivity (Wildman–Crippen MR) is 108 cm³/mol. The smallest absolute Gasteiger partial charge is 0.191 e. The standard InChI is InChI=1S/C17H22ClN5S2/c1-9(25-16-21-12(19)7-13(22-16)24-5)11-6-10-14(15(18)20-11)23(4)8-17(10,2)3/h6-7,9H,8H2,1-5H3,(H2,19,21,22). The van der Waals surface area contributed by atoms with Crippen LogP contribution in [0.15, 0.2) is 22.3 Å². The maximum Gasteiger partial charge on any atom is 0.191 e. The summed E-state index contributed by atoms with van der Waals surface area (Å²) in [7, 11) is 2.06. The first kappa shape index (κ1) is 18.6. The minimum absolute atomic E-state index is 0.0511. The van der Waals surface area contributed by atoms with Gasteiger partial charge in [-0.05, 0) is 24.8 Å². The molecule has 1 unspecified atom stereocenters. The highest BCUT2D eigenvalue weighted by atomic mass is 35.5. The molecule has 3 rings (SSSR count). The molecule has 5 nitrogen and oxygen atoms in total. The van der Waals surface area contributed by atoms with E-state index in [0.717, 1.165) is 23.0 Å². The van der Waals surface area contributed by atoms with Gasteiger partial charge in [-0.15, -0.1) is 11.8 Å². The summed E-state index contributed by atoms with van der Waals surface area (Å²) in [5.41, 5.74) is 9.15. The molecule has 2 aromatic heterocycles. The Kier molecular flexibility index (Phi) is 5.10. The van der Waals surface area contributed by atoms with Crippen LogP contribution >= 0.6 is 35.1 Å². The Morgan fingerprint density at radius 3 is 2.68 bits per heavy atom. The van der Waals surface area contributed by atoms with Gasteiger partial charge in [0, 0.05) is 25.1 Å². The number of pyridine rings is 1. The first-order valence-electron chi connectivity index (χ1n) is 7.98. The van der Waals surface area contributed by atoms with Gasteiger partial charge < -0.3 is 10.6 Å². The number of aromatic nitrogens is 3. The Labute approximate surface area is 162 Å². The molecule has 2 aromatic rings. The van der Waals surface area contributed by atoms with Crippen molar-refractivity contribution in [1.82, 2.24) is 15.0 Å². The maximum atomic E-state index is 6.50. The summed E-state index contributed by atoms with van der Waals surface area (Å²) in [4.78, 5) is 15.7. The Bertz CT molecular complexity index is 812. The summed E-state index contributed by atoms with van der Waals surface area (Å²) in [5.74, 6) is 0.483. The second kappa shape index (κ2) is 6.85. The molecule has 1 atom stereocenters. The van der Waals surface area contributed by atoms with Crippen LogP contribution in [0.1, 0.15) is 37.3 Å². The molecule has 8 heteroatoms. The molecule has 0 radical (unpaired) electrons. The Morgan fingerprint density at radius 1 is 1.28 bits per heavy atom. The maximum absolute atomic E-state index is 6.50. The topological polar surface area (TPSA) is 67.9 Å². The van der Waals surface area contributed by atoms with Gasteiger partial charge in [-0.25, -0.2) is 15.0 Å². The highest BCUT2D eigenvalue weighted by Gasteiger charge is 2.36. The molecule has 2 N–H and O–H groups in total. The normalized spacial score (nSPS) is 16.8. The fraction of sp³-hybridized carbons (Fsp3) is 0.471. The summed E-state index contributed by atoms with van der Waals surface area (Å²) in [6, 6.07) is 3.95. The summed E-state index contributed by atoms with van der Waals surface area (Å²) in [5, 5.41) is 2.16. The molecule has 25 heavy (non-hydrogen) atoms. The number of rotatable bonds is 4. The molecule has 0 aromatic carbocycles. The second-order valence-electron chi connectivity index (χ2n) is 6.85. The number of nitrogens with two attached hydrogens (primary N) is 1. The number of halogens is 1. The average Bonchev–Trinajstić information content (AvgIpc) is 2.76. The lowest BCUT2D eigenvalue weighted by atomic mass is 9.87. The number of likely N-dealkylation sites (N-methyl/N-ethyl adjacent to an activating group) is 1. The number of anilines is 2. The molecule has 0 aliphatic carbocycles. The zero-order valence-electron chi connectivity index (χ0n) is 15.0. The van der Waals surface area contributed by atoms with Crippen molar-refractivity contribution in [2.75, 3.05) is 30.5 Å². The van der Waals surface area contributed by atoms with Gasteiger partial charge in [0.2, 0.25) is 0 Å². The minimum Gasteiger partial charge on any atom is -0.384 e. The van der Waals surface area contributed by atoms with E-state index >= 15 is 0 Å². The number of hydrogen-bond donors (Lipinski definition) is 1. The summed E-state index contributed by atoms with van der Waals surface area (Å²) in [6.07, 6.45) is 1.97. The van der Waals surface area contributed by atoms with Crippen molar-refractivity contribution in [3.63, 3.8) is 0 Å². The van der Waals surface area contributed by atoms with Crippen LogP contribution in [0.4, 0.5) is 11.5 Å². The van der Waals surface area contributed by atoms with Gasteiger partial charge in [-0.3, -0.25) is 0 Å². The molecule has 0 bridgehead atoms. The van der Waals surface area contributed by atoms with Crippen LogP contribution in [0.3, 0.4) is 0 Å². The average molecular weight is 396 g/mol. The molecule has 0 fully saturated rings. The van der Waals surface area contributed by atoms with Crippen molar-refractivity contribution >= 4 is 46.6 Å². The van der Waals surface area contributed by atoms with Crippen molar-refractivity contribution in [3.05, 3.63) is 28.5 Å². The first-order valence-corrected chi connectivity index (χ1v) is 10.5. The molecule has 0 amide bonds. The van der Waals surface area contributed by atoms with Gasteiger partial charge >= 0.3 is 0 Å². The quantitative estimate of drug-likeness (QED) is 0.356. The number of nitrogens with zero attached hydrogens (tertiary/aromatic N) is 4. The van der Waals surface area contributed by atoms with Gasteiger partial charge in [-0.1, -0.05) is 37.2 Å². The predicted octanol–water partition coefficient (Wildman–Crippen LogP) is 4.41. The molecule has 0 spiro atoms. The summed E-state index contributed by atoms with van der Waals surface area (Å²) in [6.45, 7) is 7.49. The summed E-state index contributed by atoms with van der Waals surface area (Å²) >= 11 is 9.60. The highest BCUT2D eigenvalue weighted by molar-refractivity contribution is 7.99. The molecule has 3 heterocycles. The van der Waals surface area contributed by atoms with Crippen molar-refractivity contribution in [2.24, 2.45) is 0 Å². The first-order chi connectivity index (χ1) is 11.7. The molecule has 1 aliphatic rings. The number of thioether (sulfide) groups is 2. The Morgan fingerprint density at radius 2 is 2.00 bits per heavy atom. The fourth-order valence-corrected chi connectivity index (χ4v) is 4.85. The SMILES string of the molecule is CSc1cc(N)nc(SC(C)c2cc3c(c(Cl)n2)N(C)CC3(C)C)n1. The monoisotopic (exact) mass is 395 g/mol. The Balaban J connectivity index is 1.93. The lowest BCUT2D eigenvalue weighted by Gasteiger charge is -2.19. The summed E-state index contributed by atoms with van der Waals surface area (Å²) < 4.78 is 0. The van der Waals surface area contributed by atoms with Crippen LogP contribution in [-0.4, -0.2) is 34.8 Å². The zero-order chi connectivity index (χ0) is 18.4. The van der Waals surface area contributed by atoms with E-state index in [9.17, 15) is 0 Å². The number of nitrogen functional groups attached to an aromatic ring is 1. The van der Waals surface area contributed by atoms with Crippen molar-refractivity contribution in [3.8, 4) is 0 Å². The van der Waals surface area contributed by atoms with Gasteiger partial charge in [0.15, 0.2) is 10.3 Å². The van der Waals surface area contributed by atoms with Crippen LogP contribution in [0.25, 0.3) is 0 Å². The van der Waals surface area contributed by atoms with Crippen molar-refractivity contribution < 1.29 is 0 Å². The van der Waals surface area contributed by atoms with Gasteiger partial charge in [0.05, 0.1) is 16.6 Å². The van der Waals surface area contributed by atoms with Gasteiger partial charge in [0.1, 0.15) is 10.8 Å². The molecular formula is C17H22ClN5S2. The Hall–Kier alpha value is -1.18. The molecule has 134 valence electrons.